The Morgan fingerprint density at radius 3 is 2.59 bits per heavy atom. The molecular weight excluding hydrogens is 494 g/mol. The van der Waals surface area contributed by atoms with Crippen LogP contribution in [0, 0.1) is 6.92 Å². The van der Waals surface area contributed by atoms with Crippen LogP contribution in [0.5, 0.6) is 0 Å². The topological polar surface area (TPSA) is 134 Å². The molecule has 0 atom stereocenters. The molecule has 39 heavy (non-hydrogen) atoms. The molecule has 0 aliphatic carbocycles. The molecular formula is C30H25N5O4. The van der Waals surface area contributed by atoms with E-state index in [2.05, 4.69) is 9.97 Å². The van der Waals surface area contributed by atoms with Crippen LogP contribution >= 0.6 is 0 Å². The second-order valence-electron chi connectivity index (χ2n) is 9.59. The van der Waals surface area contributed by atoms with Crippen LogP contribution in [-0.4, -0.2) is 49.6 Å². The first-order chi connectivity index (χ1) is 18.8. The molecule has 2 aromatic heterocycles. The zero-order chi connectivity index (χ0) is 27.3. The van der Waals surface area contributed by atoms with Crippen LogP contribution in [0.1, 0.15) is 28.0 Å². The summed E-state index contributed by atoms with van der Waals surface area (Å²) in [7, 11) is 0. The van der Waals surface area contributed by atoms with E-state index in [9.17, 15) is 19.5 Å². The summed E-state index contributed by atoms with van der Waals surface area (Å²) < 4.78 is 1.56. The lowest BCUT2D eigenvalue weighted by atomic mass is 9.94. The van der Waals surface area contributed by atoms with E-state index in [1.54, 1.807) is 23.0 Å². The molecule has 3 aromatic carbocycles. The summed E-state index contributed by atoms with van der Waals surface area (Å²) in [6.45, 7) is 2.64. The second kappa shape index (κ2) is 9.29. The fraction of sp³-hybridized carbons (Fsp3) is 0.133. The molecule has 0 saturated carbocycles. The Morgan fingerprint density at radius 2 is 1.85 bits per heavy atom. The number of hydrogen-bond donors (Lipinski definition) is 3. The third-order valence-electron chi connectivity index (χ3n) is 7.41. The molecule has 0 spiro atoms. The van der Waals surface area contributed by atoms with E-state index in [1.807, 2.05) is 61.5 Å². The van der Waals surface area contributed by atoms with E-state index in [0.29, 0.717) is 47.2 Å². The number of carboxylic acid groups (broad SMARTS) is 1. The molecule has 0 saturated heterocycles. The van der Waals surface area contributed by atoms with E-state index in [0.717, 1.165) is 33.3 Å². The summed E-state index contributed by atoms with van der Waals surface area (Å²) in [4.78, 5) is 46.1. The molecule has 1 aliphatic heterocycles. The summed E-state index contributed by atoms with van der Waals surface area (Å²) in [5, 5.41) is 10.6. The molecule has 3 heterocycles. The van der Waals surface area contributed by atoms with Gasteiger partial charge in [-0.2, -0.15) is 0 Å². The van der Waals surface area contributed by atoms with E-state index in [1.165, 1.54) is 4.90 Å². The molecule has 1 aliphatic rings. The molecule has 0 unspecified atom stereocenters. The lowest BCUT2D eigenvalue weighted by molar-refractivity contribution is 0.100. The lowest BCUT2D eigenvalue weighted by Gasteiger charge is -2.23. The summed E-state index contributed by atoms with van der Waals surface area (Å²) in [5.74, 6) is -0.547. The van der Waals surface area contributed by atoms with Gasteiger partial charge in [-0.3, -0.25) is 14.2 Å². The number of benzene rings is 3. The van der Waals surface area contributed by atoms with Gasteiger partial charge in [0.05, 0.1) is 27.7 Å². The fourth-order valence-corrected chi connectivity index (χ4v) is 5.34. The van der Waals surface area contributed by atoms with Crippen LogP contribution in [-0.2, 0) is 0 Å². The number of rotatable bonds is 4. The van der Waals surface area contributed by atoms with Crippen LogP contribution < -0.4 is 11.3 Å². The first kappa shape index (κ1) is 24.2. The average Bonchev–Trinajstić information content (AvgIpc) is 3.39. The van der Waals surface area contributed by atoms with E-state index < -0.39 is 12.0 Å². The van der Waals surface area contributed by atoms with Crippen molar-refractivity contribution < 1.29 is 14.7 Å². The number of aromatic nitrogens is 3. The number of fused-ring (bicyclic) bond motifs is 2. The first-order valence-corrected chi connectivity index (χ1v) is 12.5. The van der Waals surface area contributed by atoms with Crippen molar-refractivity contribution in [3.63, 3.8) is 0 Å². The zero-order valence-electron chi connectivity index (χ0n) is 21.1. The highest BCUT2D eigenvalue weighted by molar-refractivity contribution is 6.10. The SMILES string of the molecule is Cc1c(-c2ccc(C(N)=O)c3[nH]c(C4=CCN(C(=O)O)CC4)cc23)cccc1-n1cnc2ccccc2c1=O. The van der Waals surface area contributed by atoms with Crippen molar-refractivity contribution in [2.75, 3.05) is 13.1 Å². The van der Waals surface area contributed by atoms with Gasteiger partial charge in [-0.25, -0.2) is 9.78 Å². The third-order valence-corrected chi connectivity index (χ3v) is 7.41. The number of H-pyrrole nitrogens is 1. The van der Waals surface area contributed by atoms with Gasteiger partial charge in [-0.15, -0.1) is 0 Å². The van der Waals surface area contributed by atoms with Crippen molar-refractivity contribution in [2.24, 2.45) is 5.73 Å². The fourth-order valence-electron chi connectivity index (χ4n) is 5.34. The van der Waals surface area contributed by atoms with Crippen molar-refractivity contribution in [1.82, 2.24) is 19.4 Å². The summed E-state index contributed by atoms with van der Waals surface area (Å²) in [5.41, 5.74) is 12.3. The monoisotopic (exact) mass is 519 g/mol. The highest BCUT2D eigenvalue weighted by Crippen LogP contribution is 2.37. The number of hydrogen-bond acceptors (Lipinski definition) is 4. The van der Waals surface area contributed by atoms with Crippen LogP contribution in [0.2, 0.25) is 0 Å². The number of nitrogens with zero attached hydrogens (tertiary/aromatic N) is 3. The number of nitrogens with two attached hydrogens (primary N) is 1. The maximum absolute atomic E-state index is 13.3. The maximum Gasteiger partial charge on any atom is 0.407 e. The van der Waals surface area contributed by atoms with Gasteiger partial charge in [0.1, 0.15) is 6.33 Å². The van der Waals surface area contributed by atoms with Crippen molar-refractivity contribution >= 4 is 39.4 Å². The zero-order valence-corrected chi connectivity index (χ0v) is 21.1. The van der Waals surface area contributed by atoms with Gasteiger partial charge in [0.25, 0.3) is 11.5 Å². The van der Waals surface area contributed by atoms with Crippen LogP contribution in [0.4, 0.5) is 4.79 Å². The van der Waals surface area contributed by atoms with Gasteiger partial charge < -0.3 is 20.7 Å². The molecule has 9 nitrogen and oxygen atoms in total. The summed E-state index contributed by atoms with van der Waals surface area (Å²) in [6.07, 6.45) is 3.03. The number of amides is 2. The second-order valence-corrected chi connectivity index (χ2v) is 9.59. The quantitative estimate of drug-likeness (QED) is 0.316. The van der Waals surface area contributed by atoms with Crippen molar-refractivity contribution in [2.45, 2.75) is 13.3 Å². The minimum absolute atomic E-state index is 0.154. The number of carbonyl (C=O) groups is 2. The molecule has 6 rings (SSSR count). The molecule has 4 N–H and O–H groups in total. The molecule has 194 valence electrons. The smallest absolute Gasteiger partial charge is 0.407 e. The lowest BCUT2D eigenvalue weighted by Crippen LogP contribution is -2.33. The Balaban J connectivity index is 1.51. The number of nitrogens with one attached hydrogen (secondary N) is 1. The Hall–Kier alpha value is -5.18. The van der Waals surface area contributed by atoms with Crippen LogP contribution in [0.15, 0.2) is 77.9 Å². The van der Waals surface area contributed by atoms with Gasteiger partial charge in [-0.05, 0) is 65.9 Å². The Morgan fingerprint density at radius 1 is 1.03 bits per heavy atom. The van der Waals surface area contributed by atoms with Gasteiger partial charge in [0.2, 0.25) is 0 Å². The van der Waals surface area contributed by atoms with E-state index in [4.69, 9.17) is 5.73 Å². The Kier molecular flexibility index (Phi) is 5.76. The molecule has 5 aromatic rings. The predicted molar refractivity (Wildman–Crippen MR) is 150 cm³/mol. The molecule has 9 heteroatoms. The Bertz CT molecular complexity index is 1900. The summed E-state index contributed by atoms with van der Waals surface area (Å²) >= 11 is 0. The highest BCUT2D eigenvalue weighted by Gasteiger charge is 2.21. The number of aromatic amines is 1. The molecule has 0 fully saturated rings. The van der Waals surface area contributed by atoms with E-state index >= 15 is 0 Å². The maximum atomic E-state index is 13.3. The molecule has 0 bridgehead atoms. The first-order valence-electron chi connectivity index (χ1n) is 12.5. The van der Waals surface area contributed by atoms with E-state index in [-0.39, 0.29) is 5.56 Å². The van der Waals surface area contributed by atoms with Gasteiger partial charge in [-0.1, -0.05) is 36.4 Å². The number of para-hydroxylation sites is 1. The summed E-state index contributed by atoms with van der Waals surface area (Å²) in [6, 6.07) is 18.6. The predicted octanol–water partition coefficient (Wildman–Crippen LogP) is 4.71. The molecule has 0 radical (unpaired) electrons. The third kappa shape index (κ3) is 4.04. The number of carbonyl (C=O) groups excluding carboxylic acids is 1. The molecule has 2 amide bonds. The van der Waals surface area contributed by atoms with Crippen molar-refractivity contribution in [1.29, 1.82) is 0 Å². The minimum atomic E-state index is -0.948. The normalized spacial score (nSPS) is 13.6. The van der Waals surface area contributed by atoms with Gasteiger partial charge in [0, 0.05) is 24.2 Å². The largest absolute Gasteiger partial charge is 0.465 e. The number of primary amides is 1. The highest BCUT2D eigenvalue weighted by atomic mass is 16.4. The van der Waals surface area contributed by atoms with Crippen molar-refractivity contribution in [3.8, 4) is 16.8 Å². The van der Waals surface area contributed by atoms with Crippen LogP contribution in [0.3, 0.4) is 0 Å². The minimum Gasteiger partial charge on any atom is -0.465 e. The standard InChI is InChI=1S/C30H25N5O4/c1-17-19(6-4-8-26(17)35-16-32-24-7-3-2-5-21(24)29(35)37)20-9-10-22(28(31)36)27-23(20)15-25(33-27)18-11-13-34(14-12-18)30(38)39/h2-11,15-16,33H,12-14H2,1H3,(H2,31,36)(H,38,39). The Labute approximate surface area is 222 Å². The van der Waals surface area contributed by atoms with Gasteiger partial charge in [0.15, 0.2) is 0 Å². The average molecular weight is 520 g/mol. The van der Waals surface area contributed by atoms with Crippen LogP contribution in [0.25, 0.3) is 44.2 Å². The van der Waals surface area contributed by atoms with Gasteiger partial charge >= 0.3 is 6.09 Å². The van der Waals surface area contributed by atoms with Crippen molar-refractivity contribution in [3.05, 3.63) is 100 Å².